The van der Waals surface area contributed by atoms with Gasteiger partial charge >= 0.3 is 0 Å². The minimum absolute atomic E-state index is 0.919. The third-order valence-electron chi connectivity index (χ3n) is 2.87. The summed E-state index contributed by atoms with van der Waals surface area (Å²) in [7, 11) is 0. The number of hydrogen-bond acceptors (Lipinski definition) is 1. The van der Waals surface area contributed by atoms with Gasteiger partial charge in [0.05, 0.1) is 5.69 Å². The molecule has 1 heterocycles. The van der Waals surface area contributed by atoms with Crippen LogP contribution in [0, 0.1) is 26.7 Å². The van der Waals surface area contributed by atoms with Gasteiger partial charge in [0.15, 0.2) is 0 Å². The van der Waals surface area contributed by atoms with E-state index in [2.05, 4.69) is 30.6 Å². The quantitative estimate of drug-likeness (QED) is 0.706. The zero-order chi connectivity index (χ0) is 10.7. The van der Waals surface area contributed by atoms with Crippen molar-refractivity contribution in [2.45, 2.75) is 54.0 Å². The molecule has 1 aromatic heterocycles. The summed E-state index contributed by atoms with van der Waals surface area (Å²) in [6.45, 7) is 11.5. The molecule has 0 aromatic carbocycles. The van der Waals surface area contributed by atoms with Gasteiger partial charge in [0.2, 0.25) is 0 Å². The van der Waals surface area contributed by atoms with Crippen LogP contribution in [0.2, 0.25) is 0 Å². The van der Waals surface area contributed by atoms with E-state index in [0.29, 0.717) is 0 Å². The van der Waals surface area contributed by atoms with E-state index in [0.717, 1.165) is 12.5 Å². The maximum Gasteiger partial charge on any atom is 0.0625 e. The Morgan fingerprint density at radius 1 is 1.21 bits per heavy atom. The average molecular weight is 194 g/mol. The lowest BCUT2D eigenvalue weighted by Crippen LogP contribution is -2.03. The lowest BCUT2D eigenvalue weighted by Gasteiger charge is -2.01. The fourth-order valence-corrected chi connectivity index (χ4v) is 1.51. The Kier molecular flexibility index (Phi) is 3.73. The Balaban J connectivity index is 0.000000461. The summed E-state index contributed by atoms with van der Waals surface area (Å²) in [6.07, 6.45) is 2.80. The van der Waals surface area contributed by atoms with Gasteiger partial charge < -0.3 is 0 Å². The molecule has 2 nitrogen and oxygen atoms in total. The Bertz CT molecular complexity index is 296. The molecule has 1 saturated carbocycles. The van der Waals surface area contributed by atoms with E-state index in [4.69, 9.17) is 0 Å². The van der Waals surface area contributed by atoms with Crippen LogP contribution in [0.4, 0.5) is 0 Å². The van der Waals surface area contributed by atoms with Gasteiger partial charge in [-0.15, -0.1) is 0 Å². The van der Waals surface area contributed by atoms with Crippen molar-refractivity contribution in [2.24, 2.45) is 5.92 Å². The molecule has 2 rings (SSSR count). The van der Waals surface area contributed by atoms with Gasteiger partial charge in [-0.1, -0.05) is 13.8 Å². The second-order valence-electron chi connectivity index (χ2n) is 3.92. The van der Waals surface area contributed by atoms with Gasteiger partial charge in [0, 0.05) is 12.2 Å². The molecule has 80 valence electrons. The predicted molar refractivity (Wildman–Crippen MR) is 60.5 cm³/mol. The first-order valence-corrected chi connectivity index (χ1v) is 5.69. The molecule has 0 saturated heterocycles. The third kappa shape index (κ3) is 2.37. The second-order valence-corrected chi connectivity index (χ2v) is 3.92. The molecular weight excluding hydrogens is 172 g/mol. The van der Waals surface area contributed by atoms with Gasteiger partial charge in [-0.05, 0) is 45.1 Å². The molecule has 0 aliphatic heterocycles. The lowest BCUT2D eigenvalue weighted by atomic mass is 10.2. The van der Waals surface area contributed by atoms with Crippen molar-refractivity contribution in [3.8, 4) is 0 Å². The monoisotopic (exact) mass is 194 g/mol. The fraction of sp³-hybridized carbons (Fsp3) is 0.750. The van der Waals surface area contributed by atoms with Crippen molar-refractivity contribution in [1.82, 2.24) is 9.78 Å². The summed E-state index contributed by atoms with van der Waals surface area (Å²) in [5.41, 5.74) is 3.89. The smallest absolute Gasteiger partial charge is 0.0625 e. The van der Waals surface area contributed by atoms with Crippen molar-refractivity contribution in [3.05, 3.63) is 17.0 Å². The first kappa shape index (κ1) is 11.3. The van der Waals surface area contributed by atoms with Gasteiger partial charge in [0.25, 0.3) is 0 Å². The third-order valence-corrected chi connectivity index (χ3v) is 2.87. The van der Waals surface area contributed by atoms with Crippen molar-refractivity contribution < 1.29 is 0 Å². The summed E-state index contributed by atoms with van der Waals surface area (Å²) >= 11 is 0. The van der Waals surface area contributed by atoms with Crippen molar-refractivity contribution in [1.29, 1.82) is 0 Å². The Hall–Kier alpha value is -0.790. The van der Waals surface area contributed by atoms with Crippen LogP contribution < -0.4 is 0 Å². The molecular formula is C12H22N2. The highest BCUT2D eigenvalue weighted by atomic mass is 15.3. The summed E-state index contributed by atoms with van der Waals surface area (Å²) in [4.78, 5) is 0. The van der Waals surface area contributed by atoms with Crippen LogP contribution in [0.5, 0.6) is 0 Å². The van der Waals surface area contributed by atoms with E-state index in [1.807, 2.05) is 13.8 Å². The zero-order valence-corrected chi connectivity index (χ0v) is 10.1. The van der Waals surface area contributed by atoms with E-state index in [1.54, 1.807) is 0 Å². The maximum absolute atomic E-state index is 4.51. The molecule has 0 radical (unpaired) electrons. The van der Waals surface area contributed by atoms with Crippen molar-refractivity contribution >= 4 is 0 Å². The standard InChI is InChI=1S/C10H16N2.C2H6/c1-7-8(2)11-12(9(7)3)6-10-4-5-10;1-2/h10H,4-6H2,1-3H3;1-2H3. The molecule has 0 spiro atoms. The van der Waals surface area contributed by atoms with Crippen LogP contribution >= 0.6 is 0 Å². The average Bonchev–Trinajstić information content (AvgIpc) is 2.97. The summed E-state index contributed by atoms with van der Waals surface area (Å²) in [5.74, 6) is 0.919. The number of aryl methyl sites for hydroxylation is 1. The molecule has 1 aliphatic rings. The van der Waals surface area contributed by atoms with Gasteiger partial charge in [-0.2, -0.15) is 5.10 Å². The number of hydrogen-bond donors (Lipinski definition) is 0. The van der Waals surface area contributed by atoms with Gasteiger partial charge in [0.1, 0.15) is 0 Å². The van der Waals surface area contributed by atoms with Crippen LogP contribution in [-0.4, -0.2) is 9.78 Å². The zero-order valence-electron chi connectivity index (χ0n) is 10.1. The van der Waals surface area contributed by atoms with E-state index < -0.39 is 0 Å². The minimum Gasteiger partial charge on any atom is -0.269 e. The Labute approximate surface area is 87.3 Å². The van der Waals surface area contributed by atoms with Crippen LogP contribution in [0.1, 0.15) is 43.6 Å². The molecule has 14 heavy (non-hydrogen) atoms. The lowest BCUT2D eigenvalue weighted by molar-refractivity contribution is 0.546. The highest BCUT2D eigenvalue weighted by Crippen LogP contribution is 2.31. The van der Waals surface area contributed by atoms with Crippen LogP contribution in [0.15, 0.2) is 0 Å². The topological polar surface area (TPSA) is 17.8 Å². The Morgan fingerprint density at radius 2 is 1.79 bits per heavy atom. The van der Waals surface area contributed by atoms with Crippen LogP contribution in [-0.2, 0) is 6.54 Å². The summed E-state index contributed by atoms with van der Waals surface area (Å²) in [6, 6.07) is 0. The van der Waals surface area contributed by atoms with E-state index in [-0.39, 0.29) is 0 Å². The SMILES string of the molecule is CC.Cc1nn(CC2CC2)c(C)c1C. The fourth-order valence-electron chi connectivity index (χ4n) is 1.51. The highest BCUT2D eigenvalue weighted by molar-refractivity contribution is 5.22. The molecule has 1 aromatic rings. The van der Waals surface area contributed by atoms with E-state index in [1.165, 1.54) is 29.8 Å². The maximum atomic E-state index is 4.51. The molecule has 1 fully saturated rings. The molecule has 0 bridgehead atoms. The van der Waals surface area contributed by atoms with Gasteiger partial charge in [-0.25, -0.2) is 0 Å². The number of rotatable bonds is 2. The molecule has 0 atom stereocenters. The predicted octanol–water partition coefficient (Wildman–Crippen LogP) is 3.24. The first-order chi connectivity index (χ1) is 6.68. The largest absolute Gasteiger partial charge is 0.269 e. The van der Waals surface area contributed by atoms with E-state index >= 15 is 0 Å². The number of aromatic nitrogens is 2. The summed E-state index contributed by atoms with van der Waals surface area (Å²) in [5, 5.41) is 4.51. The molecule has 0 N–H and O–H groups in total. The minimum atomic E-state index is 0.919. The highest BCUT2D eigenvalue weighted by Gasteiger charge is 2.23. The summed E-state index contributed by atoms with van der Waals surface area (Å²) < 4.78 is 2.17. The van der Waals surface area contributed by atoms with Crippen LogP contribution in [0.25, 0.3) is 0 Å². The van der Waals surface area contributed by atoms with E-state index in [9.17, 15) is 0 Å². The van der Waals surface area contributed by atoms with Crippen molar-refractivity contribution in [2.75, 3.05) is 0 Å². The van der Waals surface area contributed by atoms with Crippen LogP contribution in [0.3, 0.4) is 0 Å². The molecule has 0 unspecified atom stereocenters. The second kappa shape index (κ2) is 4.63. The normalized spacial score (nSPS) is 14.9. The number of nitrogens with zero attached hydrogens (tertiary/aromatic N) is 2. The molecule has 2 heteroatoms. The Morgan fingerprint density at radius 3 is 2.14 bits per heavy atom. The molecule has 0 amide bonds. The van der Waals surface area contributed by atoms with Gasteiger partial charge in [-0.3, -0.25) is 4.68 Å². The van der Waals surface area contributed by atoms with Crippen molar-refractivity contribution in [3.63, 3.8) is 0 Å². The first-order valence-electron chi connectivity index (χ1n) is 5.69. The molecule has 1 aliphatic carbocycles.